The number of anilines is 3. The van der Waals surface area contributed by atoms with E-state index in [1.54, 1.807) is 12.1 Å². The fourth-order valence-electron chi connectivity index (χ4n) is 3.28. The predicted octanol–water partition coefficient (Wildman–Crippen LogP) is 3.07. The second kappa shape index (κ2) is 9.73. The van der Waals surface area contributed by atoms with Crippen LogP contribution in [0.25, 0.3) is 11.3 Å². The molecule has 9 nitrogen and oxygen atoms in total. The average molecular weight is 442 g/mol. The largest absolute Gasteiger partial charge is 0.340 e. The number of rotatable bonds is 7. The number of aryl methyl sites for hydroxylation is 2. The van der Waals surface area contributed by atoms with E-state index in [4.69, 9.17) is 0 Å². The number of hydrogen-bond donors (Lipinski definition) is 3. The number of nitrogens with zero attached hydrogens (tertiary/aromatic N) is 3. The van der Waals surface area contributed by atoms with Gasteiger partial charge in [0.1, 0.15) is 11.6 Å². The maximum absolute atomic E-state index is 12.3. The molecule has 2 heterocycles. The van der Waals surface area contributed by atoms with Crippen molar-refractivity contribution in [1.29, 1.82) is 0 Å². The topological polar surface area (TPSA) is 122 Å². The molecule has 0 bridgehead atoms. The molecule has 33 heavy (non-hydrogen) atoms. The summed E-state index contributed by atoms with van der Waals surface area (Å²) in [6.45, 7) is 1.99. The molecule has 0 atom stereocenters. The number of amides is 1. The molecule has 0 spiro atoms. The molecule has 0 radical (unpaired) electrons. The van der Waals surface area contributed by atoms with Crippen LogP contribution in [0, 0.1) is 6.92 Å². The molecule has 0 fully saturated rings. The minimum atomic E-state index is -0.545. The predicted molar refractivity (Wildman–Crippen MR) is 126 cm³/mol. The summed E-state index contributed by atoms with van der Waals surface area (Å²) >= 11 is 0. The fraction of sp³-hybridized carbons (Fsp3) is 0.125. The number of carbonyl (C=O) groups is 1. The first kappa shape index (κ1) is 21.7. The van der Waals surface area contributed by atoms with Crippen molar-refractivity contribution in [3.05, 3.63) is 99.6 Å². The SMILES string of the molecule is Cc1nc(Nc2cccc(NC(=O)CCn3ccc(=O)[nH]c3=O)c2)cc(-c2ccccc2)n1. The maximum atomic E-state index is 12.3. The van der Waals surface area contributed by atoms with E-state index in [-0.39, 0.29) is 18.9 Å². The molecule has 0 saturated carbocycles. The van der Waals surface area contributed by atoms with Gasteiger partial charge in [-0.15, -0.1) is 0 Å². The number of benzene rings is 2. The number of aromatic nitrogens is 4. The van der Waals surface area contributed by atoms with Gasteiger partial charge in [0.15, 0.2) is 0 Å². The Hall–Kier alpha value is -4.53. The Morgan fingerprint density at radius 3 is 2.55 bits per heavy atom. The van der Waals surface area contributed by atoms with Gasteiger partial charge in [0.25, 0.3) is 5.56 Å². The fourth-order valence-corrected chi connectivity index (χ4v) is 3.28. The van der Waals surface area contributed by atoms with Crippen molar-refractivity contribution in [2.75, 3.05) is 10.6 Å². The van der Waals surface area contributed by atoms with E-state index >= 15 is 0 Å². The Bertz CT molecular complexity index is 1400. The molecule has 0 unspecified atom stereocenters. The van der Waals surface area contributed by atoms with E-state index in [9.17, 15) is 14.4 Å². The summed E-state index contributed by atoms with van der Waals surface area (Å²) in [6, 6.07) is 20.2. The first-order valence-electron chi connectivity index (χ1n) is 10.3. The van der Waals surface area contributed by atoms with Gasteiger partial charge < -0.3 is 15.2 Å². The second-order valence-electron chi connectivity index (χ2n) is 7.36. The van der Waals surface area contributed by atoms with Crippen molar-refractivity contribution in [2.24, 2.45) is 0 Å². The molecule has 3 N–H and O–H groups in total. The van der Waals surface area contributed by atoms with Gasteiger partial charge in [-0.3, -0.25) is 14.6 Å². The van der Waals surface area contributed by atoms with Crippen molar-refractivity contribution in [1.82, 2.24) is 19.5 Å². The third-order valence-electron chi connectivity index (χ3n) is 4.80. The lowest BCUT2D eigenvalue weighted by atomic mass is 10.1. The lowest BCUT2D eigenvalue weighted by Gasteiger charge is -2.11. The normalized spacial score (nSPS) is 10.6. The summed E-state index contributed by atoms with van der Waals surface area (Å²) in [5.41, 5.74) is 2.15. The van der Waals surface area contributed by atoms with Gasteiger partial charge in [-0.1, -0.05) is 36.4 Å². The first-order valence-corrected chi connectivity index (χ1v) is 10.3. The summed E-state index contributed by atoms with van der Waals surface area (Å²) in [4.78, 5) is 46.3. The van der Waals surface area contributed by atoms with Crippen LogP contribution >= 0.6 is 0 Å². The van der Waals surface area contributed by atoms with Crippen molar-refractivity contribution < 1.29 is 4.79 Å². The molecular formula is C24H22N6O3. The molecule has 166 valence electrons. The Morgan fingerprint density at radius 2 is 1.76 bits per heavy atom. The molecule has 9 heteroatoms. The summed E-state index contributed by atoms with van der Waals surface area (Å²) in [6.07, 6.45) is 1.45. The minimum Gasteiger partial charge on any atom is -0.340 e. The van der Waals surface area contributed by atoms with E-state index in [2.05, 4.69) is 25.6 Å². The zero-order valence-electron chi connectivity index (χ0n) is 17.9. The zero-order valence-corrected chi connectivity index (χ0v) is 17.9. The van der Waals surface area contributed by atoms with Crippen LogP contribution in [0.2, 0.25) is 0 Å². The van der Waals surface area contributed by atoms with Gasteiger partial charge >= 0.3 is 5.69 Å². The molecular weight excluding hydrogens is 420 g/mol. The maximum Gasteiger partial charge on any atom is 0.328 e. The lowest BCUT2D eigenvalue weighted by molar-refractivity contribution is -0.116. The number of carbonyl (C=O) groups excluding carboxylic acids is 1. The van der Waals surface area contributed by atoms with Crippen molar-refractivity contribution in [3.63, 3.8) is 0 Å². The third-order valence-corrected chi connectivity index (χ3v) is 4.80. The van der Waals surface area contributed by atoms with Crippen LogP contribution < -0.4 is 21.9 Å². The van der Waals surface area contributed by atoms with Crippen LogP contribution in [-0.2, 0) is 11.3 Å². The smallest absolute Gasteiger partial charge is 0.328 e. The average Bonchev–Trinajstić information content (AvgIpc) is 2.79. The Morgan fingerprint density at radius 1 is 0.970 bits per heavy atom. The molecule has 0 aliphatic carbocycles. The van der Waals surface area contributed by atoms with Crippen LogP contribution in [0.15, 0.2) is 82.5 Å². The van der Waals surface area contributed by atoms with Gasteiger partial charge in [0.05, 0.1) is 5.69 Å². The van der Waals surface area contributed by atoms with Crippen molar-refractivity contribution >= 4 is 23.1 Å². The van der Waals surface area contributed by atoms with Crippen LogP contribution in [0.3, 0.4) is 0 Å². The summed E-state index contributed by atoms with van der Waals surface area (Å²) in [5.74, 6) is 1.03. The number of nitrogens with one attached hydrogen (secondary N) is 3. The van der Waals surface area contributed by atoms with E-state index in [1.165, 1.54) is 16.8 Å². The Labute approximate surface area is 189 Å². The van der Waals surface area contributed by atoms with Crippen LogP contribution in [0.5, 0.6) is 0 Å². The number of H-pyrrole nitrogens is 1. The number of hydrogen-bond acceptors (Lipinski definition) is 6. The van der Waals surface area contributed by atoms with Gasteiger partial charge in [0.2, 0.25) is 5.91 Å². The van der Waals surface area contributed by atoms with Crippen molar-refractivity contribution in [3.8, 4) is 11.3 Å². The summed E-state index contributed by atoms with van der Waals surface area (Å²) in [5, 5.41) is 6.08. The quantitative estimate of drug-likeness (QED) is 0.404. The Balaban J connectivity index is 1.43. The highest BCUT2D eigenvalue weighted by molar-refractivity contribution is 5.91. The molecule has 0 aliphatic rings. The molecule has 0 aliphatic heterocycles. The molecule has 4 rings (SSSR count). The van der Waals surface area contributed by atoms with Gasteiger partial charge in [0, 0.05) is 48.2 Å². The highest BCUT2D eigenvalue weighted by Crippen LogP contribution is 2.23. The van der Waals surface area contributed by atoms with E-state index in [1.807, 2.05) is 55.5 Å². The Kier molecular flexibility index (Phi) is 6.40. The van der Waals surface area contributed by atoms with Crippen LogP contribution in [0.1, 0.15) is 12.2 Å². The summed E-state index contributed by atoms with van der Waals surface area (Å²) in [7, 11) is 0. The minimum absolute atomic E-state index is 0.0785. The molecule has 1 amide bonds. The van der Waals surface area contributed by atoms with Gasteiger partial charge in [-0.25, -0.2) is 14.8 Å². The molecule has 0 saturated heterocycles. The number of aromatic amines is 1. The van der Waals surface area contributed by atoms with Crippen LogP contribution in [0.4, 0.5) is 17.2 Å². The monoisotopic (exact) mass is 442 g/mol. The summed E-state index contributed by atoms with van der Waals surface area (Å²) < 4.78 is 1.28. The lowest BCUT2D eigenvalue weighted by Crippen LogP contribution is -2.29. The molecule has 4 aromatic rings. The standard InChI is InChI=1S/C24H22N6O3/c1-16-25-20(17-6-3-2-4-7-17)15-21(26-16)27-18-8-5-9-19(14-18)28-22(31)10-12-30-13-11-23(32)29-24(30)33/h2-9,11,13-15H,10,12H2,1H3,(H,28,31)(H,25,26,27)(H,29,32,33). The van der Waals surface area contributed by atoms with Crippen LogP contribution in [-0.4, -0.2) is 25.4 Å². The third kappa shape index (κ3) is 5.79. The molecule has 2 aromatic heterocycles. The molecule has 2 aromatic carbocycles. The highest BCUT2D eigenvalue weighted by Gasteiger charge is 2.07. The van der Waals surface area contributed by atoms with Crippen molar-refractivity contribution in [2.45, 2.75) is 19.9 Å². The van der Waals surface area contributed by atoms with E-state index < -0.39 is 11.2 Å². The van der Waals surface area contributed by atoms with E-state index in [0.29, 0.717) is 17.3 Å². The first-order chi connectivity index (χ1) is 16.0. The van der Waals surface area contributed by atoms with Gasteiger partial charge in [-0.2, -0.15) is 0 Å². The van der Waals surface area contributed by atoms with E-state index in [0.717, 1.165) is 16.9 Å². The zero-order chi connectivity index (χ0) is 23.2. The second-order valence-corrected chi connectivity index (χ2v) is 7.36. The van der Waals surface area contributed by atoms with Gasteiger partial charge in [-0.05, 0) is 25.1 Å². The highest BCUT2D eigenvalue weighted by atomic mass is 16.2.